The highest BCUT2D eigenvalue weighted by Crippen LogP contribution is 2.21. The van der Waals surface area contributed by atoms with Crippen LogP contribution in [0.4, 0.5) is 10.5 Å². The van der Waals surface area contributed by atoms with Crippen molar-refractivity contribution in [3.8, 4) is 0 Å². The van der Waals surface area contributed by atoms with Gasteiger partial charge in [-0.25, -0.2) is 4.79 Å². The molecule has 1 N–H and O–H groups in total. The third kappa shape index (κ3) is 1.45. The number of hydrogen-bond acceptors (Lipinski definition) is 1. The molecule has 1 aromatic carbocycles. The maximum Gasteiger partial charge on any atom is 0.322 e. The molecule has 0 bridgehead atoms. The molecular weight excluding hydrogens is 176 g/mol. The quantitative estimate of drug-likeness (QED) is 0.757. The van der Waals surface area contributed by atoms with Crippen LogP contribution in [0.1, 0.15) is 12.5 Å². The number of rotatable bonds is 2. The van der Waals surface area contributed by atoms with E-state index in [1.54, 1.807) is 4.90 Å². The number of benzene rings is 1. The molecule has 0 aliphatic carbocycles. The first kappa shape index (κ1) is 9.06. The Bertz CT molecular complexity index is 349. The second-order valence-corrected chi connectivity index (χ2v) is 3.37. The predicted octanol–water partition coefficient (Wildman–Crippen LogP) is 1.78. The van der Waals surface area contributed by atoms with E-state index in [2.05, 4.69) is 18.3 Å². The predicted molar refractivity (Wildman–Crippen MR) is 56.6 cm³/mol. The Balaban J connectivity index is 2.35. The van der Waals surface area contributed by atoms with E-state index in [1.165, 1.54) is 5.56 Å². The number of carbonyl (C=O) groups is 1. The number of para-hydroxylation sites is 1. The van der Waals surface area contributed by atoms with Gasteiger partial charge in [-0.1, -0.05) is 25.1 Å². The van der Waals surface area contributed by atoms with E-state index in [0.29, 0.717) is 0 Å². The molecule has 1 aliphatic heterocycles. The summed E-state index contributed by atoms with van der Waals surface area (Å²) in [6, 6.07) is 8.08. The van der Waals surface area contributed by atoms with Crippen LogP contribution < -0.4 is 10.2 Å². The van der Waals surface area contributed by atoms with Crippen LogP contribution in [-0.2, 0) is 6.42 Å². The van der Waals surface area contributed by atoms with E-state index in [4.69, 9.17) is 0 Å². The van der Waals surface area contributed by atoms with E-state index >= 15 is 0 Å². The molecular formula is C11H14N2O. The van der Waals surface area contributed by atoms with E-state index in [0.717, 1.165) is 25.2 Å². The monoisotopic (exact) mass is 190 g/mol. The molecule has 0 spiro atoms. The normalized spacial score (nSPS) is 15.8. The topological polar surface area (TPSA) is 32.3 Å². The van der Waals surface area contributed by atoms with E-state index in [-0.39, 0.29) is 6.03 Å². The summed E-state index contributed by atoms with van der Waals surface area (Å²) in [5.41, 5.74) is 2.27. The second-order valence-electron chi connectivity index (χ2n) is 3.37. The van der Waals surface area contributed by atoms with Crippen LogP contribution in [0.25, 0.3) is 0 Å². The van der Waals surface area contributed by atoms with Gasteiger partial charge in [-0.15, -0.1) is 0 Å². The fourth-order valence-corrected chi connectivity index (χ4v) is 1.77. The Morgan fingerprint density at radius 3 is 2.86 bits per heavy atom. The lowest BCUT2D eigenvalue weighted by atomic mass is 10.1. The van der Waals surface area contributed by atoms with Crippen molar-refractivity contribution in [1.82, 2.24) is 5.32 Å². The lowest BCUT2D eigenvalue weighted by Gasteiger charge is -2.17. The number of carbonyl (C=O) groups excluding carboxylic acids is 1. The van der Waals surface area contributed by atoms with Crippen LogP contribution in [0.5, 0.6) is 0 Å². The van der Waals surface area contributed by atoms with Gasteiger partial charge in [-0.3, -0.25) is 4.90 Å². The Hall–Kier alpha value is -1.51. The van der Waals surface area contributed by atoms with Crippen LogP contribution in [0.2, 0.25) is 0 Å². The van der Waals surface area contributed by atoms with Gasteiger partial charge in [0, 0.05) is 18.8 Å². The molecule has 3 heteroatoms. The van der Waals surface area contributed by atoms with Gasteiger partial charge in [0.1, 0.15) is 0 Å². The zero-order valence-corrected chi connectivity index (χ0v) is 8.29. The standard InChI is InChI=1S/C11H14N2O/c1-2-9-5-3-4-6-10(9)13-8-7-12-11(13)14/h3-6H,2,7-8H2,1H3,(H,12,14). The molecule has 1 saturated heterocycles. The summed E-state index contributed by atoms with van der Waals surface area (Å²) >= 11 is 0. The fourth-order valence-electron chi connectivity index (χ4n) is 1.77. The van der Waals surface area contributed by atoms with Crippen LogP contribution >= 0.6 is 0 Å². The molecule has 2 amide bonds. The SMILES string of the molecule is CCc1ccccc1N1CCNC1=O. The average molecular weight is 190 g/mol. The molecule has 14 heavy (non-hydrogen) atoms. The number of aryl methyl sites for hydroxylation is 1. The van der Waals surface area contributed by atoms with Crippen molar-refractivity contribution in [1.29, 1.82) is 0 Å². The minimum absolute atomic E-state index is 0.0194. The maximum atomic E-state index is 11.5. The zero-order chi connectivity index (χ0) is 9.97. The number of urea groups is 1. The van der Waals surface area contributed by atoms with Crippen LogP contribution in [-0.4, -0.2) is 19.1 Å². The highest BCUT2D eigenvalue weighted by Gasteiger charge is 2.22. The van der Waals surface area contributed by atoms with Crippen molar-refractivity contribution in [2.45, 2.75) is 13.3 Å². The third-order valence-electron chi connectivity index (χ3n) is 2.52. The summed E-state index contributed by atoms with van der Waals surface area (Å²) in [6.45, 7) is 3.62. The number of nitrogens with zero attached hydrogens (tertiary/aromatic N) is 1. The van der Waals surface area contributed by atoms with Gasteiger partial charge < -0.3 is 5.32 Å². The molecule has 0 saturated carbocycles. The first-order valence-electron chi connectivity index (χ1n) is 4.96. The summed E-state index contributed by atoms with van der Waals surface area (Å²) < 4.78 is 0. The second kappa shape index (κ2) is 3.70. The Morgan fingerprint density at radius 2 is 2.21 bits per heavy atom. The van der Waals surface area contributed by atoms with Crippen molar-refractivity contribution in [3.63, 3.8) is 0 Å². The highest BCUT2D eigenvalue weighted by molar-refractivity contribution is 5.94. The van der Waals surface area contributed by atoms with Crippen LogP contribution in [0, 0.1) is 0 Å². The van der Waals surface area contributed by atoms with E-state index in [1.807, 2.05) is 18.2 Å². The third-order valence-corrected chi connectivity index (χ3v) is 2.52. The minimum atomic E-state index is 0.0194. The molecule has 74 valence electrons. The Morgan fingerprint density at radius 1 is 1.43 bits per heavy atom. The number of hydrogen-bond donors (Lipinski definition) is 1. The van der Waals surface area contributed by atoms with Crippen LogP contribution in [0.15, 0.2) is 24.3 Å². The summed E-state index contributed by atoms with van der Waals surface area (Å²) in [7, 11) is 0. The molecule has 0 atom stereocenters. The van der Waals surface area contributed by atoms with Crippen molar-refractivity contribution < 1.29 is 4.79 Å². The molecule has 0 unspecified atom stereocenters. The van der Waals surface area contributed by atoms with E-state index < -0.39 is 0 Å². The molecule has 1 aromatic rings. The van der Waals surface area contributed by atoms with Crippen molar-refractivity contribution in [2.75, 3.05) is 18.0 Å². The number of nitrogens with one attached hydrogen (secondary N) is 1. The van der Waals surface area contributed by atoms with Crippen molar-refractivity contribution in [3.05, 3.63) is 29.8 Å². The maximum absolute atomic E-state index is 11.5. The molecule has 0 aromatic heterocycles. The smallest absolute Gasteiger partial charge is 0.322 e. The summed E-state index contributed by atoms with van der Waals surface area (Å²) in [5.74, 6) is 0. The summed E-state index contributed by atoms with van der Waals surface area (Å²) in [5, 5.41) is 2.81. The first-order valence-corrected chi connectivity index (χ1v) is 4.96. The zero-order valence-electron chi connectivity index (χ0n) is 8.29. The van der Waals surface area contributed by atoms with Gasteiger partial charge >= 0.3 is 6.03 Å². The molecule has 0 radical (unpaired) electrons. The summed E-state index contributed by atoms with van der Waals surface area (Å²) in [6.07, 6.45) is 0.958. The lowest BCUT2D eigenvalue weighted by Crippen LogP contribution is -2.28. The summed E-state index contributed by atoms with van der Waals surface area (Å²) in [4.78, 5) is 13.3. The molecule has 2 rings (SSSR count). The largest absolute Gasteiger partial charge is 0.336 e. The highest BCUT2D eigenvalue weighted by atomic mass is 16.2. The van der Waals surface area contributed by atoms with Gasteiger partial charge in [0.25, 0.3) is 0 Å². The van der Waals surface area contributed by atoms with Gasteiger partial charge in [-0.05, 0) is 18.1 Å². The van der Waals surface area contributed by atoms with Crippen LogP contribution in [0.3, 0.4) is 0 Å². The van der Waals surface area contributed by atoms with Gasteiger partial charge in [0.15, 0.2) is 0 Å². The molecule has 3 nitrogen and oxygen atoms in total. The Kier molecular flexibility index (Phi) is 2.39. The number of anilines is 1. The molecule has 1 fully saturated rings. The van der Waals surface area contributed by atoms with Gasteiger partial charge in [0.05, 0.1) is 0 Å². The Labute approximate surface area is 83.7 Å². The fraction of sp³-hybridized carbons (Fsp3) is 0.364. The van der Waals surface area contributed by atoms with Gasteiger partial charge in [0.2, 0.25) is 0 Å². The first-order chi connectivity index (χ1) is 6.83. The van der Waals surface area contributed by atoms with E-state index in [9.17, 15) is 4.79 Å². The molecule has 1 aliphatic rings. The average Bonchev–Trinajstić information content (AvgIpc) is 2.64. The van der Waals surface area contributed by atoms with Crippen molar-refractivity contribution >= 4 is 11.7 Å². The minimum Gasteiger partial charge on any atom is -0.336 e. The van der Waals surface area contributed by atoms with Gasteiger partial charge in [-0.2, -0.15) is 0 Å². The lowest BCUT2D eigenvalue weighted by molar-refractivity contribution is 0.252. The molecule has 1 heterocycles. The number of amides is 2. The van der Waals surface area contributed by atoms with Crippen molar-refractivity contribution in [2.24, 2.45) is 0 Å².